The molecular formula is C22H21FN2O. The summed E-state index contributed by atoms with van der Waals surface area (Å²) in [5, 5.41) is 2.53. The number of fused-ring (bicyclic) bond motifs is 1. The van der Waals surface area contributed by atoms with Gasteiger partial charge in [0, 0.05) is 32.7 Å². The highest BCUT2D eigenvalue weighted by Gasteiger charge is 2.24. The molecule has 1 aliphatic rings. The molecule has 0 unspecified atom stereocenters. The molecule has 3 nitrogen and oxygen atoms in total. The molecule has 0 N–H and O–H groups in total. The van der Waals surface area contributed by atoms with Crippen LogP contribution in [0.1, 0.15) is 15.9 Å². The highest BCUT2D eigenvalue weighted by atomic mass is 19.1. The number of amides is 1. The Labute approximate surface area is 152 Å². The Bertz CT molecular complexity index is 927. The number of rotatable bonds is 3. The average molecular weight is 348 g/mol. The Morgan fingerprint density at radius 3 is 2.35 bits per heavy atom. The molecule has 1 heterocycles. The second kappa shape index (κ2) is 7.26. The molecule has 0 radical (unpaired) electrons. The Balaban J connectivity index is 1.42. The topological polar surface area (TPSA) is 23.6 Å². The lowest BCUT2D eigenvalue weighted by molar-refractivity contribution is 0.0624. The van der Waals surface area contributed by atoms with Gasteiger partial charge in [0.25, 0.3) is 5.91 Å². The highest BCUT2D eigenvalue weighted by molar-refractivity contribution is 5.94. The molecule has 0 bridgehead atoms. The number of carbonyl (C=O) groups is 1. The van der Waals surface area contributed by atoms with Crippen LogP contribution >= 0.6 is 0 Å². The highest BCUT2D eigenvalue weighted by Crippen LogP contribution is 2.21. The molecule has 4 rings (SSSR count). The van der Waals surface area contributed by atoms with E-state index in [2.05, 4.69) is 47.4 Å². The quantitative estimate of drug-likeness (QED) is 0.716. The molecule has 0 atom stereocenters. The van der Waals surface area contributed by atoms with E-state index in [0.717, 1.165) is 19.6 Å². The second-order valence-electron chi connectivity index (χ2n) is 6.69. The number of nitrogens with zero attached hydrogens (tertiary/aromatic N) is 2. The third kappa shape index (κ3) is 3.33. The van der Waals surface area contributed by atoms with Crippen molar-refractivity contribution in [1.29, 1.82) is 0 Å². The molecule has 4 heteroatoms. The van der Waals surface area contributed by atoms with E-state index in [9.17, 15) is 9.18 Å². The molecule has 1 fully saturated rings. The van der Waals surface area contributed by atoms with Gasteiger partial charge in [-0.25, -0.2) is 4.39 Å². The summed E-state index contributed by atoms with van der Waals surface area (Å²) < 4.78 is 13.8. The summed E-state index contributed by atoms with van der Waals surface area (Å²) in [7, 11) is 0. The fourth-order valence-corrected chi connectivity index (χ4v) is 3.59. The number of halogens is 1. The number of carbonyl (C=O) groups excluding carboxylic acids is 1. The number of piperazine rings is 1. The summed E-state index contributed by atoms with van der Waals surface area (Å²) >= 11 is 0. The summed E-state index contributed by atoms with van der Waals surface area (Å²) in [4.78, 5) is 16.6. The van der Waals surface area contributed by atoms with Gasteiger partial charge in [0.1, 0.15) is 5.82 Å². The zero-order chi connectivity index (χ0) is 17.9. The standard InChI is InChI=1S/C22H21FN2O/c23-21-11-4-3-10-20(21)22(26)25-14-12-24(13-15-25)16-18-8-5-7-17-6-1-2-9-19(17)18/h1-11H,12-16H2. The van der Waals surface area contributed by atoms with Gasteiger partial charge < -0.3 is 4.90 Å². The molecule has 3 aromatic carbocycles. The van der Waals surface area contributed by atoms with Crippen molar-refractivity contribution in [2.24, 2.45) is 0 Å². The van der Waals surface area contributed by atoms with Gasteiger partial charge in [-0.2, -0.15) is 0 Å². The summed E-state index contributed by atoms with van der Waals surface area (Å²) in [5.74, 6) is -0.663. The van der Waals surface area contributed by atoms with E-state index in [1.165, 1.54) is 22.4 Å². The smallest absolute Gasteiger partial charge is 0.256 e. The fraction of sp³-hybridized carbons (Fsp3) is 0.227. The summed E-state index contributed by atoms with van der Waals surface area (Å²) in [5.41, 5.74) is 1.46. The summed E-state index contributed by atoms with van der Waals surface area (Å²) in [6.45, 7) is 3.70. The van der Waals surface area contributed by atoms with Crippen molar-refractivity contribution >= 4 is 16.7 Å². The molecular weight excluding hydrogens is 327 g/mol. The monoisotopic (exact) mass is 348 g/mol. The molecule has 0 saturated carbocycles. The molecule has 1 amide bonds. The SMILES string of the molecule is O=C(c1ccccc1F)N1CCN(Cc2cccc3ccccc23)CC1. The lowest BCUT2D eigenvalue weighted by atomic mass is 10.0. The van der Waals surface area contributed by atoms with Gasteiger partial charge in [0.05, 0.1) is 5.56 Å². The van der Waals surface area contributed by atoms with Gasteiger partial charge >= 0.3 is 0 Å². The van der Waals surface area contributed by atoms with Crippen LogP contribution in [0.15, 0.2) is 66.7 Å². The maximum Gasteiger partial charge on any atom is 0.256 e. The minimum Gasteiger partial charge on any atom is -0.336 e. The molecule has 1 aliphatic heterocycles. The Hall–Kier alpha value is -2.72. The predicted molar refractivity (Wildman–Crippen MR) is 102 cm³/mol. The Kier molecular flexibility index (Phi) is 4.67. The van der Waals surface area contributed by atoms with Crippen LogP contribution in [0.5, 0.6) is 0 Å². The van der Waals surface area contributed by atoms with Crippen molar-refractivity contribution in [1.82, 2.24) is 9.80 Å². The molecule has 1 saturated heterocycles. The van der Waals surface area contributed by atoms with Crippen molar-refractivity contribution in [3.63, 3.8) is 0 Å². The first-order valence-corrected chi connectivity index (χ1v) is 8.95. The van der Waals surface area contributed by atoms with Crippen LogP contribution in [0.4, 0.5) is 4.39 Å². The van der Waals surface area contributed by atoms with E-state index >= 15 is 0 Å². The second-order valence-corrected chi connectivity index (χ2v) is 6.69. The van der Waals surface area contributed by atoms with Crippen LogP contribution in [0.25, 0.3) is 10.8 Å². The molecule has 26 heavy (non-hydrogen) atoms. The third-order valence-electron chi connectivity index (χ3n) is 5.04. The summed E-state index contributed by atoms with van der Waals surface area (Å²) in [6, 6.07) is 21.0. The van der Waals surface area contributed by atoms with Crippen molar-refractivity contribution < 1.29 is 9.18 Å². The maximum absolute atomic E-state index is 13.8. The van der Waals surface area contributed by atoms with Crippen molar-refractivity contribution in [3.8, 4) is 0 Å². The van der Waals surface area contributed by atoms with Crippen LogP contribution in [-0.2, 0) is 6.54 Å². The van der Waals surface area contributed by atoms with Gasteiger partial charge in [-0.3, -0.25) is 9.69 Å². The van der Waals surface area contributed by atoms with Gasteiger partial charge in [-0.15, -0.1) is 0 Å². The molecule has 0 aromatic heterocycles. The van der Waals surface area contributed by atoms with E-state index in [0.29, 0.717) is 13.1 Å². The van der Waals surface area contributed by atoms with E-state index < -0.39 is 5.82 Å². The minimum absolute atomic E-state index is 0.162. The molecule has 3 aromatic rings. The lowest BCUT2D eigenvalue weighted by Crippen LogP contribution is -2.48. The molecule has 132 valence electrons. The van der Waals surface area contributed by atoms with Gasteiger partial charge in [0.15, 0.2) is 0 Å². The average Bonchev–Trinajstić information content (AvgIpc) is 2.69. The van der Waals surface area contributed by atoms with Gasteiger partial charge in [-0.1, -0.05) is 54.6 Å². The largest absolute Gasteiger partial charge is 0.336 e. The van der Waals surface area contributed by atoms with E-state index in [1.54, 1.807) is 23.1 Å². The zero-order valence-electron chi connectivity index (χ0n) is 14.6. The van der Waals surface area contributed by atoms with Crippen LogP contribution < -0.4 is 0 Å². The van der Waals surface area contributed by atoms with E-state index in [1.807, 2.05) is 0 Å². The van der Waals surface area contributed by atoms with Crippen molar-refractivity contribution in [2.75, 3.05) is 26.2 Å². The zero-order valence-corrected chi connectivity index (χ0v) is 14.6. The van der Waals surface area contributed by atoms with Gasteiger partial charge in [0.2, 0.25) is 0 Å². The normalized spacial score (nSPS) is 15.3. The maximum atomic E-state index is 13.8. The number of hydrogen-bond acceptors (Lipinski definition) is 2. The molecule has 0 spiro atoms. The Morgan fingerprint density at radius 1 is 0.846 bits per heavy atom. The predicted octanol–water partition coefficient (Wildman–Crippen LogP) is 3.94. The minimum atomic E-state index is -0.448. The van der Waals surface area contributed by atoms with E-state index in [4.69, 9.17) is 0 Å². The summed E-state index contributed by atoms with van der Waals surface area (Å²) in [6.07, 6.45) is 0. The molecule has 0 aliphatic carbocycles. The number of benzene rings is 3. The lowest BCUT2D eigenvalue weighted by Gasteiger charge is -2.35. The van der Waals surface area contributed by atoms with Crippen molar-refractivity contribution in [3.05, 3.63) is 83.7 Å². The third-order valence-corrected chi connectivity index (χ3v) is 5.04. The van der Waals surface area contributed by atoms with Crippen LogP contribution in [0.3, 0.4) is 0 Å². The van der Waals surface area contributed by atoms with Crippen molar-refractivity contribution in [2.45, 2.75) is 6.54 Å². The van der Waals surface area contributed by atoms with Gasteiger partial charge in [-0.05, 0) is 28.5 Å². The first-order valence-electron chi connectivity index (χ1n) is 8.95. The number of hydrogen-bond donors (Lipinski definition) is 0. The van der Waals surface area contributed by atoms with Crippen LogP contribution in [0.2, 0.25) is 0 Å². The first-order chi connectivity index (χ1) is 12.7. The Morgan fingerprint density at radius 2 is 1.54 bits per heavy atom. The fourth-order valence-electron chi connectivity index (χ4n) is 3.59. The van der Waals surface area contributed by atoms with E-state index in [-0.39, 0.29) is 11.5 Å². The first kappa shape index (κ1) is 16.7. The van der Waals surface area contributed by atoms with Crippen LogP contribution in [0, 0.1) is 5.82 Å². The van der Waals surface area contributed by atoms with Crippen LogP contribution in [-0.4, -0.2) is 41.9 Å².